The van der Waals surface area contributed by atoms with Crippen LogP contribution in [0, 0.1) is 14.2 Å². The van der Waals surface area contributed by atoms with E-state index in [1.54, 1.807) is 12.4 Å². The zero-order valence-corrected chi connectivity index (χ0v) is 13.6. The van der Waals surface area contributed by atoms with Crippen LogP contribution in [0.5, 0.6) is 0 Å². The molecule has 3 rings (SSSR count). The lowest BCUT2D eigenvalue weighted by molar-refractivity contribution is 0.618. The van der Waals surface area contributed by atoms with E-state index in [1.165, 1.54) is 6.07 Å². The van der Waals surface area contributed by atoms with Crippen molar-refractivity contribution in [2.24, 2.45) is 7.05 Å². The van der Waals surface area contributed by atoms with Crippen molar-refractivity contribution in [3.63, 3.8) is 0 Å². The monoisotopic (exact) mass is 403 g/mol. The summed E-state index contributed by atoms with van der Waals surface area (Å²) in [7, 11) is 1.89. The second kappa shape index (κ2) is 5.24. The van der Waals surface area contributed by atoms with Gasteiger partial charge in [0.25, 0.3) is 0 Å². The molecule has 0 aliphatic carbocycles. The van der Waals surface area contributed by atoms with E-state index in [9.17, 15) is 4.39 Å². The van der Waals surface area contributed by atoms with Crippen LogP contribution in [0.25, 0.3) is 11.0 Å². The number of fused-ring (bicyclic) bond motifs is 1. The number of imidazole rings is 1. The summed E-state index contributed by atoms with van der Waals surface area (Å²) in [5, 5.41) is 7.88. The van der Waals surface area contributed by atoms with Crippen LogP contribution >= 0.6 is 34.8 Å². The lowest BCUT2D eigenvalue weighted by Crippen LogP contribution is -2.06. The molecule has 104 valence electrons. The summed E-state index contributed by atoms with van der Waals surface area (Å²) in [5.74, 6) is 0.631. The highest BCUT2D eigenvalue weighted by Crippen LogP contribution is 2.21. The average molecular weight is 403 g/mol. The van der Waals surface area contributed by atoms with Crippen molar-refractivity contribution in [1.82, 2.24) is 24.3 Å². The number of aromatic nitrogens is 5. The zero-order valence-electron chi connectivity index (χ0n) is 10.6. The van der Waals surface area contributed by atoms with Gasteiger partial charge in [-0.2, -0.15) is 0 Å². The fourth-order valence-electron chi connectivity index (χ4n) is 2.12. The summed E-state index contributed by atoms with van der Waals surface area (Å²) in [6.07, 6.45) is 2.34. The third-order valence-electron chi connectivity index (χ3n) is 3.18. The van der Waals surface area contributed by atoms with Gasteiger partial charge in [0, 0.05) is 26.1 Å². The molecular formula is C12H11FIN5S. The van der Waals surface area contributed by atoms with E-state index in [4.69, 9.17) is 12.2 Å². The molecule has 0 aliphatic heterocycles. The summed E-state index contributed by atoms with van der Waals surface area (Å²) < 4.78 is 18.6. The third-order valence-corrected chi connectivity index (χ3v) is 4.33. The van der Waals surface area contributed by atoms with Crippen LogP contribution in [-0.2, 0) is 20.0 Å². The van der Waals surface area contributed by atoms with E-state index < -0.39 is 0 Å². The number of rotatable bonds is 3. The fraction of sp³-hybridized carbons (Fsp3) is 0.250. The van der Waals surface area contributed by atoms with Crippen LogP contribution in [0.1, 0.15) is 5.82 Å². The molecule has 5 nitrogen and oxygen atoms in total. The van der Waals surface area contributed by atoms with E-state index in [0.29, 0.717) is 21.3 Å². The number of hydrogen-bond donors (Lipinski definition) is 1. The SMILES string of the molecule is Cn1cnnc1CCn1c(=S)[nH]c2cc(I)c(F)cc21. The maximum absolute atomic E-state index is 13.7. The van der Waals surface area contributed by atoms with Crippen LogP contribution in [0.15, 0.2) is 18.5 Å². The van der Waals surface area contributed by atoms with E-state index in [-0.39, 0.29) is 5.82 Å². The Balaban J connectivity index is 1.99. The zero-order chi connectivity index (χ0) is 14.3. The molecule has 8 heteroatoms. The van der Waals surface area contributed by atoms with Gasteiger partial charge in [0.05, 0.1) is 14.6 Å². The van der Waals surface area contributed by atoms with Gasteiger partial charge >= 0.3 is 0 Å². The highest BCUT2D eigenvalue weighted by Gasteiger charge is 2.10. The van der Waals surface area contributed by atoms with Gasteiger partial charge in [-0.05, 0) is 40.9 Å². The normalized spacial score (nSPS) is 11.3. The predicted molar refractivity (Wildman–Crippen MR) is 84.5 cm³/mol. The maximum atomic E-state index is 13.7. The highest BCUT2D eigenvalue weighted by atomic mass is 127. The van der Waals surface area contributed by atoms with Crippen molar-refractivity contribution in [3.8, 4) is 0 Å². The molecule has 1 aromatic carbocycles. The molecule has 2 aromatic heterocycles. The molecule has 0 aliphatic rings. The van der Waals surface area contributed by atoms with Crippen LogP contribution in [0.3, 0.4) is 0 Å². The molecule has 0 saturated heterocycles. The summed E-state index contributed by atoms with van der Waals surface area (Å²) in [4.78, 5) is 3.10. The second-order valence-corrected chi connectivity index (χ2v) is 6.02. The Kier molecular flexibility index (Phi) is 3.59. The molecule has 0 atom stereocenters. The highest BCUT2D eigenvalue weighted by molar-refractivity contribution is 14.1. The van der Waals surface area contributed by atoms with Gasteiger partial charge in [0.1, 0.15) is 18.0 Å². The lowest BCUT2D eigenvalue weighted by atomic mass is 10.3. The molecule has 1 N–H and O–H groups in total. The molecule has 0 fully saturated rings. The molecule has 0 unspecified atom stereocenters. The predicted octanol–water partition coefficient (Wildman–Crippen LogP) is 2.81. The third kappa shape index (κ3) is 2.37. The molecular weight excluding hydrogens is 392 g/mol. The number of benzene rings is 1. The van der Waals surface area contributed by atoms with Crippen molar-refractivity contribution in [2.45, 2.75) is 13.0 Å². The van der Waals surface area contributed by atoms with Gasteiger partial charge in [-0.15, -0.1) is 10.2 Å². The Hall–Kier alpha value is -1.29. The number of nitrogens with one attached hydrogen (secondary N) is 1. The Morgan fingerprint density at radius 1 is 1.45 bits per heavy atom. The minimum absolute atomic E-state index is 0.237. The first-order valence-corrected chi connectivity index (χ1v) is 7.45. The first kappa shape index (κ1) is 13.7. The van der Waals surface area contributed by atoms with Crippen molar-refractivity contribution < 1.29 is 4.39 Å². The average Bonchev–Trinajstić information content (AvgIpc) is 2.92. The van der Waals surface area contributed by atoms with Gasteiger partial charge in [-0.25, -0.2) is 4.39 Å². The molecule has 0 radical (unpaired) electrons. The molecule has 3 aromatic rings. The van der Waals surface area contributed by atoms with E-state index in [1.807, 2.05) is 38.8 Å². The Morgan fingerprint density at radius 2 is 2.25 bits per heavy atom. The van der Waals surface area contributed by atoms with E-state index in [2.05, 4.69) is 15.2 Å². The first-order valence-electron chi connectivity index (χ1n) is 5.96. The minimum Gasteiger partial charge on any atom is -0.331 e. The van der Waals surface area contributed by atoms with Gasteiger partial charge in [-0.3, -0.25) is 0 Å². The van der Waals surface area contributed by atoms with Crippen molar-refractivity contribution in [3.05, 3.63) is 38.4 Å². The minimum atomic E-state index is -0.237. The van der Waals surface area contributed by atoms with Crippen LogP contribution in [0.2, 0.25) is 0 Å². The topological polar surface area (TPSA) is 51.4 Å². The number of aryl methyl sites for hydroxylation is 3. The van der Waals surface area contributed by atoms with Crippen LogP contribution in [-0.4, -0.2) is 24.3 Å². The Labute approximate surface area is 133 Å². The standard InChI is InChI=1S/C12H11FIN5S/c1-18-6-15-17-11(18)2-3-19-10-4-7(13)8(14)5-9(10)16-12(19)20/h4-6H,2-3H2,1H3,(H,16,20). The first-order chi connectivity index (χ1) is 9.56. The quantitative estimate of drug-likeness (QED) is 0.541. The smallest absolute Gasteiger partial charge is 0.178 e. The van der Waals surface area contributed by atoms with E-state index >= 15 is 0 Å². The van der Waals surface area contributed by atoms with Crippen molar-refractivity contribution >= 4 is 45.8 Å². The maximum Gasteiger partial charge on any atom is 0.178 e. The van der Waals surface area contributed by atoms with Gasteiger partial charge < -0.3 is 14.1 Å². The second-order valence-electron chi connectivity index (χ2n) is 4.47. The van der Waals surface area contributed by atoms with Gasteiger partial charge in [0.2, 0.25) is 0 Å². The molecule has 0 amide bonds. The number of H-pyrrole nitrogens is 1. The van der Waals surface area contributed by atoms with Crippen molar-refractivity contribution in [2.75, 3.05) is 0 Å². The lowest BCUT2D eigenvalue weighted by Gasteiger charge is -2.04. The Bertz CT molecular complexity index is 834. The molecule has 0 bridgehead atoms. The largest absolute Gasteiger partial charge is 0.331 e. The molecule has 20 heavy (non-hydrogen) atoms. The summed E-state index contributed by atoms with van der Waals surface area (Å²) >= 11 is 7.27. The molecule has 0 spiro atoms. The molecule has 0 saturated carbocycles. The summed E-state index contributed by atoms with van der Waals surface area (Å²) in [6, 6.07) is 3.28. The summed E-state index contributed by atoms with van der Waals surface area (Å²) in [6.45, 7) is 0.630. The number of aromatic amines is 1. The van der Waals surface area contributed by atoms with Gasteiger partial charge in [0.15, 0.2) is 4.77 Å². The number of halogens is 2. The number of hydrogen-bond acceptors (Lipinski definition) is 3. The fourth-order valence-corrected chi connectivity index (χ4v) is 2.89. The number of nitrogens with zero attached hydrogens (tertiary/aromatic N) is 4. The Morgan fingerprint density at radius 3 is 2.95 bits per heavy atom. The van der Waals surface area contributed by atoms with Gasteiger partial charge in [-0.1, -0.05) is 0 Å². The molecule has 2 heterocycles. The van der Waals surface area contributed by atoms with Crippen molar-refractivity contribution in [1.29, 1.82) is 0 Å². The van der Waals surface area contributed by atoms with Crippen LogP contribution < -0.4 is 0 Å². The van der Waals surface area contributed by atoms with E-state index in [0.717, 1.165) is 16.9 Å². The van der Waals surface area contributed by atoms with Crippen LogP contribution in [0.4, 0.5) is 4.39 Å². The summed E-state index contributed by atoms with van der Waals surface area (Å²) in [5.41, 5.74) is 1.62.